The number of hydrogen-bond acceptors (Lipinski definition) is 5. The van der Waals surface area contributed by atoms with Gasteiger partial charge in [-0.1, -0.05) is 30.3 Å². The van der Waals surface area contributed by atoms with Crippen LogP contribution >= 0.6 is 0 Å². The van der Waals surface area contributed by atoms with Crippen molar-refractivity contribution in [2.75, 3.05) is 31.5 Å². The number of anilines is 2. The van der Waals surface area contributed by atoms with Crippen LogP contribution in [0.4, 0.5) is 11.5 Å². The highest BCUT2D eigenvalue weighted by atomic mass is 16.6. The Labute approximate surface area is 151 Å². The standard InChI is InChI=1S/C20H20N4O2/c25-20(24(26)13-11-21-12-14-24)16-6-2-4-8-18(16)23-19-10-9-15-5-1-3-7-17(15)22-19/h1-10,21H,11-14H2,(H,22,23). The molecule has 1 fully saturated rings. The van der Waals surface area contributed by atoms with Crippen LogP contribution in [0.25, 0.3) is 10.9 Å². The van der Waals surface area contributed by atoms with E-state index < -0.39 is 10.6 Å². The molecule has 0 aliphatic carbocycles. The first-order valence-electron chi connectivity index (χ1n) is 8.71. The Morgan fingerprint density at radius 1 is 1.00 bits per heavy atom. The highest BCUT2D eigenvalue weighted by Crippen LogP contribution is 2.25. The number of benzene rings is 2. The Balaban J connectivity index is 1.65. The number of nitrogens with one attached hydrogen (secondary N) is 2. The lowest BCUT2D eigenvalue weighted by atomic mass is 10.1. The second kappa shape index (κ2) is 6.84. The molecule has 26 heavy (non-hydrogen) atoms. The van der Waals surface area contributed by atoms with Gasteiger partial charge in [-0.15, -0.1) is 0 Å². The van der Waals surface area contributed by atoms with Gasteiger partial charge < -0.3 is 15.8 Å². The molecule has 132 valence electrons. The molecule has 2 heterocycles. The van der Waals surface area contributed by atoms with Crippen molar-refractivity contribution in [3.8, 4) is 0 Å². The Morgan fingerprint density at radius 3 is 2.58 bits per heavy atom. The molecule has 0 saturated carbocycles. The van der Waals surface area contributed by atoms with Crippen molar-refractivity contribution < 1.29 is 9.44 Å². The number of quaternary nitrogens is 1. The quantitative estimate of drug-likeness (QED) is 0.562. The number of carbonyl (C=O) groups excluding carboxylic acids is 1. The van der Waals surface area contributed by atoms with Crippen LogP contribution < -0.4 is 10.6 Å². The van der Waals surface area contributed by atoms with Crippen molar-refractivity contribution in [3.05, 3.63) is 71.4 Å². The molecule has 2 aromatic carbocycles. The molecular formula is C20H20N4O2. The zero-order valence-corrected chi connectivity index (χ0v) is 14.3. The normalized spacial score (nSPS) is 16.3. The molecule has 6 heteroatoms. The Bertz CT molecular complexity index is 951. The molecule has 1 aliphatic rings. The third-order valence-corrected chi connectivity index (χ3v) is 4.69. The van der Waals surface area contributed by atoms with Gasteiger partial charge >= 0.3 is 5.91 Å². The first-order chi connectivity index (χ1) is 12.7. The van der Waals surface area contributed by atoms with Gasteiger partial charge in [-0.3, -0.25) is 4.65 Å². The van der Waals surface area contributed by atoms with E-state index in [2.05, 4.69) is 15.6 Å². The average molecular weight is 348 g/mol. The average Bonchev–Trinajstić information content (AvgIpc) is 2.68. The minimum absolute atomic E-state index is 0.251. The minimum atomic E-state index is -0.823. The summed E-state index contributed by atoms with van der Waals surface area (Å²) >= 11 is 0. The highest BCUT2D eigenvalue weighted by Gasteiger charge is 2.32. The van der Waals surface area contributed by atoms with Crippen molar-refractivity contribution in [3.63, 3.8) is 0 Å². The summed E-state index contributed by atoms with van der Waals surface area (Å²) in [5.74, 6) is 0.233. The first-order valence-corrected chi connectivity index (χ1v) is 8.71. The fourth-order valence-corrected chi connectivity index (χ4v) is 3.23. The van der Waals surface area contributed by atoms with Crippen LogP contribution in [0.3, 0.4) is 0 Å². The smallest absolute Gasteiger partial charge is 0.348 e. The van der Waals surface area contributed by atoms with Crippen LogP contribution in [-0.2, 0) is 0 Å². The van der Waals surface area contributed by atoms with Crippen molar-refractivity contribution in [2.24, 2.45) is 0 Å². The molecule has 0 bridgehead atoms. The van der Waals surface area contributed by atoms with Gasteiger partial charge in [0.1, 0.15) is 11.4 Å². The lowest BCUT2D eigenvalue weighted by Crippen LogP contribution is -2.58. The molecule has 0 radical (unpaired) electrons. The number of hydrogen-bond donors (Lipinski definition) is 2. The van der Waals surface area contributed by atoms with Gasteiger partial charge in [-0.2, -0.15) is 0 Å². The summed E-state index contributed by atoms with van der Waals surface area (Å²) in [5, 5.41) is 20.3. The number of piperazine rings is 1. The molecule has 1 saturated heterocycles. The molecule has 3 aromatic rings. The SMILES string of the molecule is O=C(c1ccccc1Nc1ccc2ccccc2n1)[N+]1([O-])CCNCC1. The minimum Gasteiger partial charge on any atom is -0.625 e. The second-order valence-electron chi connectivity index (χ2n) is 6.45. The van der Waals surface area contributed by atoms with Crippen LogP contribution in [0.1, 0.15) is 10.4 Å². The van der Waals surface area contributed by atoms with Crippen molar-refractivity contribution in [1.82, 2.24) is 10.3 Å². The maximum absolute atomic E-state index is 12.9. The number of amides is 1. The summed E-state index contributed by atoms with van der Waals surface area (Å²) < 4.78 is -0.823. The monoisotopic (exact) mass is 348 g/mol. The lowest BCUT2D eigenvalue weighted by Gasteiger charge is -2.42. The topological polar surface area (TPSA) is 77.1 Å². The first kappa shape index (κ1) is 16.7. The third-order valence-electron chi connectivity index (χ3n) is 4.69. The number of pyridine rings is 1. The predicted molar refractivity (Wildman–Crippen MR) is 102 cm³/mol. The van der Waals surface area contributed by atoms with Crippen LogP contribution in [0.15, 0.2) is 60.7 Å². The molecule has 0 spiro atoms. The highest BCUT2D eigenvalue weighted by molar-refractivity contribution is 5.96. The number of aromatic nitrogens is 1. The molecule has 2 N–H and O–H groups in total. The van der Waals surface area contributed by atoms with E-state index in [1.807, 2.05) is 42.5 Å². The molecule has 0 atom stereocenters. The van der Waals surface area contributed by atoms with Crippen LogP contribution in [0, 0.1) is 5.21 Å². The lowest BCUT2D eigenvalue weighted by molar-refractivity contribution is -0.800. The number of nitrogens with zero attached hydrogens (tertiary/aromatic N) is 2. The Kier molecular flexibility index (Phi) is 4.38. The molecule has 6 nitrogen and oxygen atoms in total. The summed E-state index contributed by atoms with van der Waals surface area (Å²) in [4.78, 5) is 17.5. The zero-order valence-electron chi connectivity index (χ0n) is 14.3. The van der Waals surface area contributed by atoms with Gasteiger partial charge in [0.05, 0.1) is 24.3 Å². The molecular weight excluding hydrogens is 328 g/mol. The number of hydroxylamine groups is 3. The van der Waals surface area contributed by atoms with E-state index in [-0.39, 0.29) is 13.1 Å². The van der Waals surface area contributed by atoms with E-state index in [1.165, 1.54) is 0 Å². The number of fused-ring (bicyclic) bond motifs is 1. The molecule has 1 aromatic heterocycles. The van der Waals surface area contributed by atoms with E-state index in [4.69, 9.17) is 0 Å². The van der Waals surface area contributed by atoms with Crippen LogP contribution in [-0.4, -0.2) is 41.7 Å². The van der Waals surface area contributed by atoms with Gasteiger partial charge in [0.2, 0.25) is 0 Å². The summed E-state index contributed by atoms with van der Waals surface area (Å²) in [6, 6.07) is 18.8. The van der Waals surface area contributed by atoms with Crippen molar-refractivity contribution in [1.29, 1.82) is 0 Å². The number of carbonyl (C=O) groups is 1. The van der Waals surface area contributed by atoms with E-state index in [9.17, 15) is 10.0 Å². The fourth-order valence-electron chi connectivity index (χ4n) is 3.23. The Morgan fingerprint density at radius 2 is 1.73 bits per heavy atom. The molecule has 4 rings (SSSR count). The summed E-state index contributed by atoms with van der Waals surface area (Å²) in [5.41, 5.74) is 1.88. The fraction of sp³-hybridized carbons (Fsp3) is 0.200. The van der Waals surface area contributed by atoms with Gasteiger partial charge in [0.15, 0.2) is 0 Å². The zero-order chi connectivity index (χ0) is 18.0. The van der Waals surface area contributed by atoms with Crippen molar-refractivity contribution in [2.45, 2.75) is 0 Å². The van der Waals surface area contributed by atoms with E-state index >= 15 is 0 Å². The number of para-hydroxylation sites is 2. The Hall–Kier alpha value is -2.80. The summed E-state index contributed by atoms with van der Waals surface area (Å²) in [7, 11) is 0. The van der Waals surface area contributed by atoms with Gasteiger partial charge in [0.25, 0.3) is 0 Å². The molecule has 1 amide bonds. The third kappa shape index (κ3) is 3.17. The summed E-state index contributed by atoms with van der Waals surface area (Å²) in [6.07, 6.45) is 0. The second-order valence-corrected chi connectivity index (χ2v) is 6.45. The predicted octanol–water partition coefficient (Wildman–Crippen LogP) is 3.04. The van der Waals surface area contributed by atoms with Crippen LogP contribution in [0.2, 0.25) is 0 Å². The van der Waals surface area contributed by atoms with E-state index in [1.54, 1.807) is 18.2 Å². The van der Waals surface area contributed by atoms with Crippen molar-refractivity contribution >= 4 is 28.3 Å². The molecule has 1 aliphatic heterocycles. The van der Waals surface area contributed by atoms with E-state index in [0.717, 1.165) is 10.9 Å². The maximum Gasteiger partial charge on any atom is 0.348 e. The van der Waals surface area contributed by atoms with Crippen LogP contribution in [0.5, 0.6) is 0 Å². The van der Waals surface area contributed by atoms with Gasteiger partial charge in [0, 0.05) is 18.5 Å². The van der Waals surface area contributed by atoms with Gasteiger partial charge in [-0.25, -0.2) is 9.78 Å². The van der Waals surface area contributed by atoms with Gasteiger partial charge in [-0.05, 0) is 30.3 Å². The molecule has 0 unspecified atom stereocenters. The summed E-state index contributed by atoms with van der Waals surface area (Å²) in [6.45, 7) is 1.61. The largest absolute Gasteiger partial charge is 0.625 e. The maximum atomic E-state index is 12.9. The van der Waals surface area contributed by atoms with E-state index in [0.29, 0.717) is 30.2 Å². The number of rotatable bonds is 3.